The number of thiazole rings is 1. The average Bonchev–Trinajstić information content (AvgIpc) is 2.73. The van der Waals surface area contributed by atoms with Crippen LogP contribution >= 0.6 is 11.3 Å². The molecule has 1 rings (SSSR count). The third kappa shape index (κ3) is 5.13. The molecule has 0 unspecified atom stereocenters. The van der Waals surface area contributed by atoms with Gasteiger partial charge in [0, 0.05) is 11.9 Å². The van der Waals surface area contributed by atoms with Gasteiger partial charge in [0.05, 0.1) is 19.2 Å². The van der Waals surface area contributed by atoms with Crippen molar-refractivity contribution in [2.24, 2.45) is 5.92 Å². The number of carbonyl (C=O) groups excluding carboxylic acids is 2. The number of hydrogen-bond acceptors (Lipinski definition) is 5. The van der Waals surface area contributed by atoms with Crippen LogP contribution in [0.2, 0.25) is 0 Å². The van der Waals surface area contributed by atoms with Crippen LogP contribution in [0.5, 0.6) is 0 Å². The first-order valence-corrected chi connectivity index (χ1v) is 6.45. The SMILES string of the molecule is COC(=O)Nc1nc(CC(=O)NCC(C)C)cs1. The van der Waals surface area contributed by atoms with Gasteiger partial charge in [-0.15, -0.1) is 11.3 Å². The largest absolute Gasteiger partial charge is 0.453 e. The van der Waals surface area contributed by atoms with E-state index in [2.05, 4.69) is 20.4 Å². The molecule has 1 aromatic heterocycles. The van der Waals surface area contributed by atoms with Gasteiger partial charge < -0.3 is 10.1 Å². The highest BCUT2D eigenvalue weighted by Gasteiger charge is 2.09. The first kappa shape index (κ1) is 14.4. The molecule has 0 saturated heterocycles. The Morgan fingerprint density at radius 2 is 2.22 bits per heavy atom. The third-order valence-corrected chi connectivity index (χ3v) is 2.80. The van der Waals surface area contributed by atoms with Crippen LogP contribution in [-0.4, -0.2) is 30.6 Å². The monoisotopic (exact) mass is 271 g/mol. The van der Waals surface area contributed by atoms with Crippen molar-refractivity contribution in [1.82, 2.24) is 10.3 Å². The first-order chi connectivity index (χ1) is 8.51. The minimum atomic E-state index is -0.569. The number of hydrogen-bond donors (Lipinski definition) is 2. The number of aromatic nitrogens is 1. The number of amides is 2. The average molecular weight is 271 g/mol. The molecule has 7 heteroatoms. The summed E-state index contributed by atoms with van der Waals surface area (Å²) in [4.78, 5) is 26.6. The summed E-state index contributed by atoms with van der Waals surface area (Å²) in [5, 5.41) is 7.42. The Bertz CT molecular complexity index is 417. The maximum absolute atomic E-state index is 11.5. The molecule has 0 aromatic carbocycles. The van der Waals surface area contributed by atoms with Crippen molar-refractivity contribution in [1.29, 1.82) is 0 Å². The summed E-state index contributed by atoms with van der Waals surface area (Å²) in [6, 6.07) is 0. The number of ether oxygens (including phenoxy) is 1. The molecule has 0 aliphatic rings. The van der Waals surface area contributed by atoms with Crippen LogP contribution < -0.4 is 10.6 Å². The zero-order chi connectivity index (χ0) is 13.5. The molecule has 0 spiro atoms. The van der Waals surface area contributed by atoms with Crippen molar-refractivity contribution < 1.29 is 14.3 Å². The van der Waals surface area contributed by atoms with Gasteiger partial charge in [0.25, 0.3) is 0 Å². The Hall–Kier alpha value is -1.63. The lowest BCUT2D eigenvalue weighted by Crippen LogP contribution is -2.28. The van der Waals surface area contributed by atoms with E-state index in [0.29, 0.717) is 23.3 Å². The molecule has 1 heterocycles. The zero-order valence-electron chi connectivity index (χ0n) is 10.6. The fraction of sp³-hybridized carbons (Fsp3) is 0.545. The Balaban J connectivity index is 2.43. The molecule has 6 nitrogen and oxygen atoms in total. The molecule has 0 saturated carbocycles. The van der Waals surface area contributed by atoms with Crippen LogP contribution in [0.25, 0.3) is 0 Å². The maximum atomic E-state index is 11.5. The number of carbonyl (C=O) groups is 2. The molecule has 0 radical (unpaired) electrons. The van der Waals surface area contributed by atoms with Gasteiger partial charge in [-0.1, -0.05) is 13.8 Å². The molecule has 0 fully saturated rings. The zero-order valence-corrected chi connectivity index (χ0v) is 11.5. The van der Waals surface area contributed by atoms with Gasteiger partial charge in [0.15, 0.2) is 5.13 Å². The van der Waals surface area contributed by atoms with E-state index in [0.717, 1.165) is 0 Å². The van der Waals surface area contributed by atoms with E-state index in [1.807, 2.05) is 13.8 Å². The Morgan fingerprint density at radius 3 is 2.83 bits per heavy atom. The van der Waals surface area contributed by atoms with E-state index < -0.39 is 6.09 Å². The van der Waals surface area contributed by atoms with Gasteiger partial charge in [0.2, 0.25) is 5.91 Å². The smallest absolute Gasteiger partial charge is 0.413 e. The maximum Gasteiger partial charge on any atom is 0.413 e. The van der Waals surface area contributed by atoms with Crippen molar-refractivity contribution in [2.45, 2.75) is 20.3 Å². The number of nitrogens with one attached hydrogen (secondary N) is 2. The minimum Gasteiger partial charge on any atom is -0.453 e. The van der Waals surface area contributed by atoms with Gasteiger partial charge in [-0.2, -0.15) is 0 Å². The van der Waals surface area contributed by atoms with E-state index in [9.17, 15) is 9.59 Å². The van der Waals surface area contributed by atoms with Gasteiger partial charge in [0.1, 0.15) is 0 Å². The van der Waals surface area contributed by atoms with Crippen LogP contribution in [0.3, 0.4) is 0 Å². The Labute approximate surface area is 110 Å². The van der Waals surface area contributed by atoms with E-state index in [4.69, 9.17) is 0 Å². The molecular formula is C11H17N3O3S. The Morgan fingerprint density at radius 1 is 1.50 bits per heavy atom. The van der Waals surface area contributed by atoms with Crippen molar-refractivity contribution in [3.8, 4) is 0 Å². The molecule has 2 amide bonds. The second kappa shape index (κ2) is 6.95. The van der Waals surface area contributed by atoms with Crippen LogP contribution in [0.4, 0.5) is 9.93 Å². The van der Waals surface area contributed by atoms with Crippen molar-refractivity contribution in [3.63, 3.8) is 0 Å². The predicted octanol–water partition coefficient (Wildman–Crippen LogP) is 1.64. The summed E-state index contributed by atoms with van der Waals surface area (Å²) < 4.78 is 4.45. The molecule has 100 valence electrons. The van der Waals surface area contributed by atoms with Crippen LogP contribution in [0.1, 0.15) is 19.5 Å². The molecular weight excluding hydrogens is 254 g/mol. The molecule has 0 atom stereocenters. The van der Waals surface area contributed by atoms with Crippen molar-refractivity contribution >= 4 is 28.5 Å². The van der Waals surface area contributed by atoms with Gasteiger partial charge in [-0.25, -0.2) is 9.78 Å². The fourth-order valence-corrected chi connectivity index (χ4v) is 1.82. The molecule has 18 heavy (non-hydrogen) atoms. The number of nitrogens with zero attached hydrogens (tertiary/aromatic N) is 1. The third-order valence-electron chi connectivity index (χ3n) is 2.00. The van der Waals surface area contributed by atoms with E-state index >= 15 is 0 Å². The second-order valence-electron chi connectivity index (χ2n) is 4.14. The van der Waals surface area contributed by atoms with E-state index in [-0.39, 0.29) is 12.3 Å². The summed E-state index contributed by atoms with van der Waals surface area (Å²) in [6.45, 7) is 4.71. The first-order valence-electron chi connectivity index (χ1n) is 5.57. The van der Waals surface area contributed by atoms with Crippen molar-refractivity contribution in [2.75, 3.05) is 19.0 Å². The van der Waals surface area contributed by atoms with Gasteiger partial charge in [-0.05, 0) is 5.92 Å². The van der Waals surface area contributed by atoms with E-state index in [1.165, 1.54) is 18.4 Å². The van der Waals surface area contributed by atoms with Crippen molar-refractivity contribution in [3.05, 3.63) is 11.1 Å². The standard InChI is InChI=1S/C11H17N3O3S/c1-7(2)5-12-9(15)4-8-6-18-10(13-8)14-11(16)17-3/h6-7H,4-5H2,1-3H3,(H,12,15)(H,13,14,16). The lowest BCUT2D eigenvalue weighted by atomic mass is 10.2. The van der Waals surface area contributed by atoms with Crippen LogP contribution in [-0.2, 0) is 16.0 Å². The molecule has 0 aliphatic carbocycles. The lowest BCUT2D eigenvalue weighted by Gasteiger charge is -2.06. The van der Waals surface area contributed by atoms with E-state index in [1.54, 1.807) is 5.38 Å². The minimum absolute atomic E-state index is 0.0707. The molecule has 0 aliphatic heterocycles. The number of rotatable bonds is 5. The second-order valence-corrected chi connectivity index (χ2v) is 4.99. The summed E-state index contributed by atoms with van der Waals surface area (Å²) >= 11 is 1.26. The van der Waals surface area contributed by atoms with Gasteiger partial charge in [-0.3, -0.25) is 10.1 Å². The topological polar surface area (TPSA) is 80.3 Å². The summed E-state index contributed by atoms with van der Waals surface area (Å²) in [5.41, 5.74) is 0.632. The summed E-state index contributed by atoms with van der Waals surface area (Å²) in [5.74, 6) is 0.347. The predicted molar refractivity (Wildman–Crippen MR) is 69.7 cm³/mol. The highest BCUT2D eigenvalue weighted by Crippen LogP contribution is 2.15. The highest BCUT2D eigenvalue weighted by atomic mass is 32.1. The summed E-state index contributed by atoms with van der Waals surface area (Å²) in [7, 11) is 1.28. The Kier molecular flexibility index (Phi) is 5.57. The molecule has 2 N–H and O–H groups in total. The van der Waals surface area contributed by atoms with Gasteiger partial charge >= 0.3 is 6.09 Å². The fourth-order valence-electron chi connectivity index (χ4n) is 1.13. The normalized spacial score (nSPS) is 10.2. The molecule has 0 bridgehead atoms. The number of methoxy groups -OCH3 is 1. The quantitative estimate of drug-likeness (QED) is 0.853. The van der Waals surface area contributed by atoms with Crippen LogP contribution in [0, 0.1) is 5.92 Å². The summed E-state index contributed by atoms with van der Waals surface area (Å²) in [6.07, 6.45) is -0.355. The number of anilines is 1. The van der Waals surface area contributed by atoms with Crippen LogP contribution in [0.15, 0.2) is 5.38 Å². The molecule has 1 aromatic rings. The lowest BCUT2D eigenvalue weighted by molar-refractivity contribution is -0.120. The highest BCUT2D eigenvalue weighted by molar-refractivity contribution is 7.13.